The van der Waals surface area contributed by atoms with E-state index in [0.29, 0.717) is 44.0 Å². The highest BCUT2D eigenvalue weighted by atomic mass is 19.2. The van der Waals surface area contributed by atoms with Crippen LogP contribution in [0.2, 0.25) is 0 Å². The molecule has 0 amide bonds. The van der Waals surface area contributed by atoms with Crippen molar-refractivity contribution in [2.75, 3.05) is 31.2 Å². The van der Waals surface area contributed by atoms with E-state index in [9.17, 15) is 13.9 Å². The number of anilines is 1. The van der Waals surface area contributed by atoms with Crippen LogP contribution in [0.1, 0.15) is 18.4 Å². The number of ether oxygens (including phenoxy) is 1. The van der Waals surface area contributed by atoms with E-state index in [4.69, 9.17) is 4.74 Å². The molecule has 19 heavy (non-hydrogen) atoms. The highest BCUT2D eigenvalue weighted by molar-refractivity contribution is 5.55. The van der Waals surface area contributed by atoms with E-state index in [1.807, 2.05) is 4.90 Å². The summed E-state index contributed by atoms with van der Waals surface area (Å²) in [7, 11) is 0. The lowest BCUT2D eigenvalue weighted by Crippen LogP contribution is -2.37. The van der Waals surface area contributed by atoms with Gasteiger partial charge in [-0.2, -0.15) is 0 Å². The number of aliphatic hydroxyl groups is 1. The maximum atomic E-state index is 13.5. The molecule has 0 bridgehead atoms. The molecule has 3 nitrogen and oxygen atoms in total. The largest absolute Gasteiger partial charge is 0.390 e. The van der Waals surface area contributed by atoms with Crippen molar-refractivity contribution in [2.24, 2.45) is 0 Å². The molecule has 1 aliphatic heterocycles. The van der Waals surface area contributed by atoms with Crippen LogP contribution in [0.5, 0.6) is 0 Å². The lowest BCUT2D eigenvalue weighted by molar-refractivity contribution is 0.122. The lowest BCUT2D eigenvalue weighted by atomic mass is 10.0. The number of benzene rings is 1. The van der Waals surface area contributed by atoms with Gasteiger partial charge in [0.2, 0.25) is 0 Å². The van der Waals surface area contributed by atoms with Crippen LogP contribution in [-0.4, -0.2) is 37.0 Å². The summed E-state index contributed by atoms with van der Waals surface area (Å²) in [5.74, 6) is -1.69. The normalized spacial score (nSPS) is 21.5. The average Bonchev–Trinajstić information content (AvgIpc) is 3.12. The molecule has 1 N–H and O–H groups in total. The maximum Gasteiger partial charge on any atom is 0.160 e. The van der Waals surface area contributed by atoms with Gasteiger partial charge < -0.3 is 14.7 Å². The smallest absolute Gasteiger partial charge is 0.160 e. The van der Waals surface area contributed by atoms with Crippen molar-refractivity contribution >= 4 is 5.69 Å². The molecule has 0 atom stereocenters. The summed E-state index contributed by atoms with van der Waals surface area (Å²) in [6.07, 6.45) is 1.85. The van der Waals surface area contributed by atoms with Gasteiger partial charge in [0.05, 0.1) is 18.8 Å². The number of morpholine rings is 1. The summed E-state index contributed by atoms with van der Waals surface area (Å²) >= 11 is 0. The van der Waals surface area contributed by atoms with Crippen LogP contribution in [0.25, 0.3) is 0 Å². The molecular formula is C14H17F2NO2. The quantitative estimate of drug-likeness (QED) is 0.909. The van der Waals surface area contributed by atoms with Crippen LogP contribution in [0.3, 0.4) is 0 Å². The van der Waals surface area contributed by atoms with Gasteiger partial charge >= 0.3 is 0 Å². The first-order valence-corrected chi connectivity index (χ1v) is 6.60. The molecule has 0 aromatic heterocycles. The number of halogens is 2. The molecule has 3 rings (SSSR count). The fourth-order valence-corrected chi connectivity index (χ4v) is 2.49. The zero-order valence-electron chi connectivity index (χ0n) is 10.7. The first-order chi connectivity index (χ1) is 9.07. The number of rotatable bonds is 3. The second-order valence-electron chi connectivity index (χ2n) is 5.40. The van der Waals surface area contributed by atoms with Crippen LogP contribution in [-0.2, 0) is 11.2 Å². The first-order valence-electron chi connectivity index (χ1n) is 6.60. The third-order valence-corrected chi connectivity index (χ3v) is 3.82. The molecule has 1 saturated carbocycles. The molecule has 1 saturated heterocycles. The Bertz CT molecular complexity index is 483. The van der Waals surface area contributed by atoms with Gasteiger partial charge in [-0.25, -0.2) is 8.78 Å². The Kier molecular flexibility index (Phi) is 3.19. The molecule has 0 unspecified atom stereocenters. The first kappa shape index (κ1) is 12.8. The summed E-state index contributed by atoms with van der Waals surface area (Å²) in [4.78, 5) is 1.99. The maximum absolute atomic E-state index is 13.5. The number of hydrogen-bond donors (Lipinski definition) is 1. The SMILES string of the molecule is OC1(Cc2cc(F)c(F)cc2N2CCOCC2)CC1. The molecular weight excluding hydrogens is 252 g/mol. The van der Waals surface area contributed by atoms with Gasteiger partial charge in [-0.3, -0.25) is 0 Å². The molecule has 5 heteroatoms. The Labute approximate surface area is 110 Å². The Morgan fingerprint density at radius 2 is 1.79 bits per heavy atom. The minimum Gasteiger partial charge on any atom is -0.390 e. The molecule has 104 valence electrons. The Hall–Kier alpha value is -1.20. The van der Waals surface area contributed by atoms with Crippen LogP contribution in [0.15, 0.2) is 12.1 Å². The fourth-order valence-electron chi connectivity index (χ4n) is 2.49. The van der Waals surface area contributed by atoms with Gasteiger partial charge in [0.1, 0.15) is 0 Å². The molecule has 1 aromatic rings. The number of hydrogen-bond acceptors (Lipinski definition) is 3. The van der Waals surface area contributed by atoms with Gasteiger partial charge in [0.25, 0.3) is 0 Å². The van der Waals surface area contributed by atoms with Crippen LogP contribution >= 0.6 is 0 Å². The van der Waals surface area contributed by atoms with Crippen molar-refractivity contribution < 1.29 is 18.6 Å². The Balaban J connectivity index is 1.92. The fraction of sp³-hybridized carbons (Fsp3) is 0.571. The van der Waals surface area contributed by atoms with Crippen molar-refractivity contribution in [1.82, 2.24) is 0 Å². The van der Waals surface area contributed by atoms with Crippen LogP contribution < -0.4 is 4.90 Å². The van der Waals surface area contributed by atoms with E-state index in [1.165, 1.54) is 12.1 Å². The van der Waals surface area contributed by atoms with E-state index in [2.05, 4.69) is 0 Å². The highest BCUT2D eigenvalue weighted by Crippen LogP contribution is 2.40. The van der Waals surface area contributed by atoms with E-state index in [-0.39, 0.29) is 0 Å². The van der Waals surface area contributed by atoms with E-state index >= 15 is 0 Å². The Morgan fingerprint density at radius 3 is 2.42 bits per heavy atom. The molecule has 2 aliphatic rings. The minimum atomic E-state index is -0.851. The van der Waals surface area contributed by atoms with E-state index in [1.54, 1.807) is 0 Å². The summed E-state index contributed by atoms with van der Waals surface area (Å²) in [6, 6.07) is 2.46. The molecule has 1 aliphatic carbocycles. The van der Waals surface area contributed by atoms with Gasteiger partial charge in [-0.05, 0) is 24.5 Å². The molecule has 0 radical (unpaired) electrons. The lowest BCUT2D eigenvalue weighted by Gasteiger charge is -2.31. The monoisotopic (exact) mass is 269 g/mol. The number of nitrogens with zero attached hydrogens (tertiary/aromatic N) is 1. The standard InChI is InChI=1S/C14H17F2NO2/c15-11-7-10(9-14(18)1-2-14)13(8-12(11)16)17-3-5-19-6-4-17/h7-8,18H,1-6,9H2. The van der Waals surface area contributed by atoms with Gasteiger partial charge in [-0.15, -0.1) is 0 Å². The van der Waals surface area contributed by atoms with E-state index in [0.717, 1.165) is 12.8 Å². The summed E-state index contributed by atoms with van der Waals surface area (Å²) in [5.41, 5.74) is 0.647. The minimum absolute atomic E-state index is 0.386. The van der Waals surface area contributed by atoms with Crippen molar-refractivity contribution in [1.29, 1.82) is 0 Å². The molecule has 2 fully saturated rings. The van der Waals surface area contributed by atoms with Crippen molar-refractivity contribution in [3.8, 4) is 0 Å². The van der Waals surface area contributed by atoms with E-state index < -0.39 is 17.2 Å². The topological polar surface area (TPSA) is 32.7 Å². The van der Waals surface area contributed by atoms with Gasteiger partial charge in [-0.1, -0.05) is 0 Å². The predicted molar refractivity (Wildman–Crippen MR) is 67.3 cm³/mol. The summed E-state index contributed by atoms with van der Waals surface area (Å²) in [6.45, 7) is 2.50. The van der Waals surface area contributed by atoms with Crippen molar-refractivity contribution in [3.63, 3.8) is 0 Å². The third-order valence-electron chi connectivity index (χ3n) is 3.82. The molecule has 0 spiro atoms. The zero-order valence-corrected chi connectivity index (χ0v) is 10.7. The molecule has 1 aromatic carbocycles. The van der Waals surface area contributed by atoms with Crippen LogP contribution in [0.4, 0.5) is 14.5 Å². The van der Waals surface area contributed by atoms with Crippen LogP contribution in [0, 0.1) is 11.6 Å². The highest BCUT2D eigenvalue weighted by Gasteiger charge is 2.41. The second kappa shape index (κ2) is 4.72. The van der Waals surface area contributed by atoms with Crippen molar-refractivity contribution in [2.45, 2.75) is 24.9 Å². The summed E-state index contributed by atoms with van der Waals surface area (Å²) in [5, 5.41) is 10.0. The second-order valence-corrected chi connectivity index (χ2v) is 5.40. The summed E-state index contributed by atoms with van der Waals surface area (Å²) < 4.78 is 32.2. The van der Waals surface area contributed by atoms with Crippen molar-refractivity contribution in [3.05, 3.63) is 29.3 Å². The van der Waals surface area contributed by atoms with Gasteiger partial charge in [0, 0.05) is 31.3 Å². The zero-order chi connectivity index (χ0) is 13.5. The Morgan fingerprint density at radius 1 is 1.16 bits per heavy atom. The third kappa shape index (κ3) is 2.72. The van der Waals surface area contributed by atoms with Gasteiger partial charge in [0.15, 0.2) is 11.6 Å². The average molecular weight is 269 g/mol. The molecule has 1 heterocycles. The predicted octanol–water partition coefficient (Wildman–Crippen LogP) is 1.87.